The van der Waals surface area contributed by atoms with E-state index in [0.29, 0.717) is 0 Å². The highest BCUT2D eigenvalue weighted by molar-refractivity contribution is 5.87. The molecule has 1 N–H and O–H groups in total. The maximum Gasteiger partial charge on any atom is 0.177 e. The molecule has 1 aromatic carbocycles. The lowest BCUT2D eigenvalue weighted by Crippen LogP contribution is -2.09. The predicted molar refractivity (Wildman–Crippen MR) is 123 cm³/mol. The van der Waals surface area contributed by atoms with Gasteiger partial charge in [0.2, 0.25) is 0 Å². The normalized spacial score (nSPS) is 12.5. The Balaban J connectivity index is 1.64. The molecule has 5 aromatic rings. The molecule has 4 heterocycles. The van der Waals surface area contributed by atoms with Gasteiger partial charge in [-0.25, -0.2) is 9.50 Å². The van der Waals surface area contributed by atoms with Crippen LogP contribution in [0.25, 0.3) is 27.8 Å². The van der Waals surface area contributed by atoms with Gasteiger partial charge in [0.15, 0.2) is 5.65 Å². The third-order valence-electron chi connectivity index (χ3n) is 5.77. The molecule has 0 fully saturated rings. The van der Waals surface area contributed by atoms with Crippen molar-refractivity contribution in [3.05, 3.63) is 71.4 Å². The molecule has 7 heteroatoms. The topological polar surface area (TPSA) is 72.9 Å². The van der Waals surface area contributed by atoms with Crippen LogP contribution in [0.2, 0.25) is 0 Å². The van der Waals surface area contributed by atoms with Crippen LogP contribution in [0.3, 0.4) is 0 Å². The Labute approximate surface area is 180 Å². The first kappa shape index (κ1) is 19.2. The highest BCUT2D eigenvalue weighted by Gasteiger charge is 2.18. The molecule has 7 nitrogen and oxygen atoms in total. The van der Waals surface area contributed by atoms with Crippen LogP contribution in [-0.4, -0.2) is 29.4 Å². The number of hydrogen-bond donors (Lipinski definition) is 1. The third kappa shape index (κ3) is 3.22. The zero-order valence-electron chi connectivity index (χ0n) is 18.4. The van der Waals surface area contributed by atoms with E-state index >= 15 is 0 Å². The van der Waals surface area contributed by atoms with Gasteiger partial charge in [0.05, 0.1) is 34.0 Å². The Kier molecular flexibility index (Phi) is 4.46. The van der Waals surface area contributed by atoms with Crippen molar-refractivity contribution in [1.29, 1.82) is 0 Å². The molecule has 0 spiro atoms. The average molecular weight is 412 g/mol. The fourth-order valence-electron chi connectivity index (χ4n) is 4.24. The van der Waals surface area contributed by atoms with E-state index in [9.17, 15) is 0 Å². The number of benzene rings is 1. The van der Waals surface area contributed by atoms with Crippen LogP contribution < -0.4 is 5.32 Å². The number of fused-ring (bicyclic) bond motifs is 2. The lowest BCUT2D eigenvalue weighted by atomic mass is 10.1. The molecule has 0 aliphatic carbocycles. The van der Waals surface area contributed by atoms with Crippen LogP contribution in [0.15, 0.2) is 48.8 Å². The van der Waals surface area contributed by atoms with E-state index in [2.05, 4.69) is 46.6 Å². The van der Waals surface area contributed by atoms with E-state index in [4.69, 9.17) is 10.1 Å². The van der Waals surface area contributed by atoms with Gasteiger partial charge in [-0.2, -0.15) is 10.2 Å². The molecule has 0 bridgehead atoms. The third-order valence-corrected chi connectivity index (χ3v) is 5.77. The number of rotatable bonds is 4. The Morgan fingerprint density at radius 1 is 0.935 bits per heavy atom. The molecule has 0 saturated carbocycles. The van der Waals surface area contributed by atoms with Gasteiger partial charge >= 0.3 is 0 Å². The molecule has 0 saturated heterocycles. The number of nitrogens with one attached hydrogen (secondary N) is 1. The van der Waals surface area contributed by atoms with E-state index in [1.165, 1.54) is 5.56 Å². The van der Waals surface area contributed by atoms with Gasteiger partial charge in [0, 0.05) is 36.4 Å². The second-order valence-corrected chi connectivity index (χ2v) is 8.07. The average Bonchev–Trinajstić information content (AvgIpc) is 3.23. The van der Waals surface area contributed by atoms with Crippen molar-refractivity contribution in [1.82, 2.24) is 29.4 Å². The Morgan fingerprint density at radius 2 is 1.71 bits per heavy atom. The highest BCUT2D eigenvalue weighted by atomic mass is 15.3. The van der Waals surface area contributed by atoms with Gasteiger partial charge in [0.1, 0.15) is 0 Å². The van der Waals surface area contributed by atoms with Crippen LogP contribution >= 0.6 is 0 Å². The molecule has 0 amide bonds. The summed E-state index contributed by atoms with van der Waals surface area (Å²) in [6.07, 6.45) is 3.63. The minimum atomic E-state index is 0.114. The molecule has 31 heavy (non-hydrogen) atoms. The molecular formula is C24H25N7. The standard InChI is InChI=1S/C24H25N7/c1-14-12-21(26-15(2)18-8-10-25-11-9-18)24-27-17(4)23(31(24)28-14)19-6-7-22-20(13-19)16(3)29-30(22)5/h6-13,15,26H,1-5H3. The first-order valence-electron chi connectivity index (χ1n) is 10.4. The van der Waals surface area contributed by atoms with Crippen LogP contribution in [0.4, 0.5) is 5.69 Å². The summed E-state index contributed by atoms with van der Waals surface area (Å²) in [5.74, 6) is 0. The van der Waals surface area contributed by atoms with Crippen LogP contribution in [-0.2, 0) is 7.05 Å². The lowest BCUT2D eigenvalue weighted by Gasteiger charge is -2.16. The predicted octanol–water partition coefficient (Wildman–Crippen LogP) is 4.78. The molecular weight excluding hydrogens is 386 g/mol. The summed E-state index contributed by atoms with van der Waals surface area (Å²) in [4.78, 5) is 9.01. The Morgan fingerprint density at radius 3 is 2.48 bits per heavy atom. The number of hydrogen-bond acceptors (Lipinski definition) is 5. The number of pyridine rings is 1. The summed E-state index contributed by atoms with van der Waals surface area (Å²) in [6.45, 7) is 8.22. The fraction of sp³-hybridized carbons (Fsp3) is 0.250. The van der Waals surface area contributed by atoms with Gasteiger partial charge in [-0.15, -0.1) is 0 Å². The fourth-order valence-corrected chi connectivity index (χ4v) is 4.24. The quantitative estimate of drug-likeness (QED) is 0.461. The molecule has 4 aromatic heterocycles. The van der Waals surface area contributed by atoms with Gasteiger partial charge < -0.3 is 5.32 Å². The zero-order chi connectivity index (χ0) is 21.7. The SMILES string of the molecule is Cc1cc(NC(C)c2ccncc2)c2nc(C)c(-c3ccc4c(c3)c(C)nn4C)n2n1. The minimum Gasteiger partial charge on any atom is -0.375 e. The van der Waals surface area contributed by atoms with Crippen LogP contribution in [0.1, 0.15) is 35.6 Å². The molecule has 5 rings (SSSR count). The highest BCUT2D eigenvalue weighted by Crippen LogP contribution is 2.32. The smallest absolute Gasteiger partial charge is 0.177 e. The van der Waals surface area contributed by atoms with Crippen molar-refractivity contribution >= 4 is 22.2 Å². The maximum atomic E-state index is 4.89. The van der Waals surface area contributed by atoms with Gasteiger partial charge in [0.25, 0.3) is 0 Å². The van der Waals surface area contributed by atoms with Gasteiger partial charge in [-0.3, -0.25) is 9.67 Å². The molecule has 1 atom stereocenters. The second-order valence-electron chi connectivity index (χ2n) is 8.07. The number of aromatic nitrogens is 6. The van der Waals surface area contributed by atoms with E-state index in [0.717, 1.165) is 50.6 Å². The summed E-state index contributed by atoms with van der Waals surface area (Å²) in [7, 11) is 1.97. The monoisotopic (exact) mass is 411 g/mol. The molecule has 0 radical (unpaired) electrons. The van der Waals surface area contributed by atoms with Crippen molar-refractivity contribution in [2.45, 2.75) is 33.7 Å². The largest absolute Gasteiger partial charge is 0.375 e. The summed E-state index contributed by atoms with van der Waals surface area (Å²) in [6, 6.07) is 12.6. The maximum absolute atomic E-state index is 4.89. The van der Waals surface area contributed by atoms with E-state index in [-0.39, 0.29) is 6.04 Å². The summed E-state index contributed by atoms with van der Waals surface area (Å²) in [5.41, 5.74) is 9.04. The van der Waals surface area contributed by atoms with Crippen LogP contribution in [0, 0.1) is 20.8 Å². The second kappa shape index (κ2) is 7.19. The van der Waals surface area contributed by atoms with Crippen molar-refractivity contribution in [3.8, 4) is 11.3 Å². The lowest BCUT2D eigenvalue weighted by molar-refractivity contribution is 0.783. The van der Waals surface area contributed by atoms with Gasteiger partial charge in [-0.05, 0) is 63.6 Å². The number of aryl methyl sites for hydroxylation is 4. The molecule has 0 aliphatic rings. The molecule has 156 valence electrons. The van der Waals surface area contributed by atoms with E-state index < -0.39 is 0 Å². The first-order valence-corrected chi connectivity index (χ1v) is 10.4. The van der Waals surface area contributed by atoms with Crippen LogP contribution in [0.5, 0.6) is 0 Å². The number of imidazole rings is 1. The summed E-state index contributed by atoms with van der Waals surface area (Å²) < 4.78 is 3.87. The van der Waals surface area contributed by atoms with Crippen molar-refractivity contribution < 1.29 is 0 Å². The zero-order valence-corrected chi connectivity index (χ0v) is 18.4. The van der Waals surface area contributed by atoms with E-state index in [1.807, 2.05) is 61.5 Å². The van der Waals surface area contributed by atoms with E-state index in [1.54, 1.807) is 0 Å². The Bertz CT molecular complexity index is 1410. The van der Waals surface area contributed by atoms with Crippen molar-refractivity contribution in [3.63, 3.8) is 0 Å². The summed E-state index contributed by atoms with van der Waals surface area (Å²) in [5, 5.41) is 14.1. The number of anilines is 1. The number of nitrogens with zero attached hydrogens (tertiary/aromatic N) is 6. The first-order chi connectivity index (χ1) is 14.9. The molecule has 1 unspecified atom stereocenters. The minimum absolute atomic E-state index is 0.114. The van der Waals surface area contributed by atoms with Crippen molar-refractivity contribution in [2.75, 3.05) is 5.32 Å². The molecule has 0 aliphatic heterocycles. The Hall–Kier alpha value is -3.74. The van der Waals surface area contributed by atoms with Crippen molar-refractivity contribution in [2.24, 2.45) is 7.05 Å². The van der Waals surface area contributed by atoms with Gasteiger partial charge in [-0.1, -0.05) is 6.07 Å². The summed E-state index contributed by atoms with van der Waals surface area (Å²) >= 11 is 0.